The zero-order valence-corrected chi connectivity index (χ0v) is 18.1. The Morgan fingerprint density at radius 3 is 2.32 bits per heavy atom. The number of carbonyl (C=O) groups is 1. The Morgan fingerprint density at radius 1 is 1.14 bits per heavy atom. The first-order valence-electron chi connectivity index (χ1n) is 9.77. The number of anilines is 2. The first-order valence-corrected chi connectivity index (χ1v) is 11.2. The molecular weight excluding hydrogens is 380 g/mol. The van der Waals surface area contributed by atoms with Gasteiger partial charge in [-0.1, -0.05) is 20.8 Å². The summed E-state index contributed by atoms with van der Waals surface area (Å²) in [7, 11) is -2.16. The van der Waals surface area contributed by atoms with Gasteiger partial charge in [-0.05, 0) is 24.7 Å². The first kappa shape index (κ1) is 22.6. The maximum Gasteiger partial charge on any atom is 0.250 e. The van der Waals surface area contributed by atoms with Gasteiger partial charge in [0, 0.05) is 46.4 Å². The van der Waals surface area contributed by atoms with Crippen LogP contribution in [0.4, 0.5) is 11.4 Å². The molecule has 0 aromatic heterocycles. The van der Waals surface area contributed by atoms with E-state index in [9.17, 15) is 13.2 Å². The molecule has 0 radical (unpaired) electrons. The minimum Gasteiger partial charge on any atom is -0.375 e. The Kier molecular flexibility index (Phi) is 8.23. The van der Waals surface area contributed by atoms with Gasteiger partial charge in [0.2, 0.25) is 15.9 Å². The second-order valence-electron chi connectivity index (χ2n) is 6.67. The van der Waals surface area contributed by atoms with Crippen LogP contribution in [0.2, 0.25) is 0 Å². The highest BCUT2D eigenvalue weighted by Crippen LogP contribution is 2.31. The van der Waals surface area contributed by atoms with Gasteiger partial charge in [0.1, 0.15) is 6.61 Å². The van der Waals surface area contributed by atoms with Gasteiger partial charge in [0.05, 0.1) is 16.3 Å². The normalized spacial score (nSPS) is 15.8. The number of nitrogens with one attached hydrogen (secondary N) is 1. The monoisotopic (exact) mass is 412 g/mol. The molecular formula is C19H32N4O4S. The molecule has 0 bridgehead atoms. The number of carbonyl (C=O) groups excluding carboxylic acids is 1. The van der Waals surface area contributed by atoms with Crippen LogP contribution >= 0.6 is 0 Å². The van der Waals surface area contributed by atoms with Crippen LogP contribution in [0.15, 0.2) is 23.1 Å². The number of amides is 1. The Labute approximate surface area is 168 Å². The molecule has 158 valence electrons. The quantitative estimate of drug-likeness (QED) is 0.661. The van der Waals surface area contributed by atoms with Gasteiger partial charge in [-0.25, -0.2) is 8.42 Å². The Hall–Kier alpha value is -1.68. The van der Waals surface area contributed by atoms with Gasteiger partial charge in [0.15, 0.2) is 0 Å². The number of likely N-dealkylation sites (N-methyl/N-ethyl adjacent to an activating group) is 1. The van der Waals surface area contributed by atoms with Crippen LogP contribution in [0.5, 0.6) is 0 Å². The number of nitrogens with zero attached hydrogens (tertiary/aromatic N) is 3. The maximum atomic E-state index is 12.9. The number of methoxy groups -OCH3 is 1. The summed E-state index contributed by atoms with van der Waals surface area (Å²) in [5.74, 6) is -0.312. The lowest BCUT2D eigenvalue weighted by Gasteiger charge is -2.36. The zero-order valence-electron chi connectivity index (χ0n) is 17.3. The molecule has 1 heterocycles. The van der Waals surface area contributed by atoms with Crippen molar-refractivity contribution in [2.24, 2.45) is 0 Å². The van der Waals surface area contributed by atoms with E-state index < -0.39 is 10.0 Å². The van der Waals surface area contributed by atoms with Crippen molar-refractivity contribution < 1.29 is 17.9 Å². The highest BCUT2D eigenvalue weighted by molar-refractivity contribution is 7.89. The lowest BCUT2D eigenvalue weighted by molar-refractivity contribution is -0.119. The molecule has 1 aromatic rings. The largest absolute Gasteiger partial charge is 0.375 e. The van der Waals surface area contributed by atoms with Crippen molar-refractivity contribution in [3.8, 4) is 0 Å². The van der Waals surface area contributed by atoms with Crippen molar-refractivity contribution >= 4 is 27.3 Å². The van der Waals surface area contributed by atoms with Crippen molar-refractivity contribution in [1.29, 1.82) is 0 Å². The molecule has 28 heavy (non-hydrogen) atoms. The fourth-order valence-corrected chi connectivity index (χ4v) is 4.87. The molecule has 2 rings (SSSR count). The highest BCUT2D eigenvalue weighted by Gasteiger charge is 2.25. The average molecular weight is 413 g/mol. The van der Waals surface area contributed by atoms with E-state index in [-0.39, 0.29) is 17.4 Å². The van der Waals surface area contributed by atoms with E-state index in [0.29, 0.717) is 18.8 Å². The summed E-state index contributed by atoms with van der Waals surface area (Å²) in [6.07, 6.45) is 0. The molecule has 0 saturated carbocycles. The van der Waals surface area contributed by atoms with Crippen LogP contribution in [0.1, 0.15) is 20.8 Å². The lowest BCUT2D eigenvalue weighted by Crippen LogP contribution is -2.46. The predicted molar refractivity (Wildman–Crippen MR) is 111 cm³/mol. The molecule has 1 aromatic carbocycles. The Balaban J connectivity index is 2.38. The topological polar surface area (TPSA) is 82.2 Å². The molecule has 0 spiro atoms. The van der Waals surface area contributed by atoms with E-state index >= 15 is 0 Å². The van der Waals surface area contributed by atoms with Gasteiger partial charge in [-0.15, -0.1) is 0 Å². The van der Waals surface area contributed by atoms with Gasteiger partial charge < -0.3 is 19.9 Å². The van der Waals surface area contributed by atoms with Crippen LogP contribution in [0.3, 0.4) is 0 Å². The maximum absolute atomic E-state index is 12.9. The van der Waals surface area contributed by atoms with E-state index in [1.807, 2.05) is 13.8 Å². The SMILES string of the molecule is CCN1CCN(c2ccc(S(=O)(=O)N(CC)CC)cc2NC(=O)COC)CC1. The van der Waals surface area contributed by atoms with Gasteiger partial charge >= 0.3 is 0 Å². The summed E-state index contributed by atoms with van der Waals surface area (Å²) >= 11 is 0. The van der Waals surface area contributed by atoms with Crippen molar-refractivity contribution in [2.75, 3.05) is 69.7 Å². The number of hydrogen-bond acceptors (Lipinski definition) is 6. The molecule has 0 unspecified atom stereocenters. The van der Waals surface area contributed by atoms with E-state index in [0.717, 1.165) is 38.4 Å². The molecule has 8 nitrogen and oxygen atoms in total. The van der Waals surface area contributed by atoms with Crippen molar-refractivity contribution in [1.82, 2.24) is 9.21 Å². The fraction of sp³-hybridized carbons (Fsp3) is 0.632. The third-order valence-corrected chi connectivity index (χ3v) is 7.07. The second-order valence-corrected chi connectivity index (χ2v) is 8.61. The van der Waals surface area contributed by atoms with Crippen LogP contribution in [0.25, 0.3) is 0 Å². The number of hydrogen-bond donors (Lipinski definition) is 1. The van der Waals surface area contributed by atoms with E-state index in [1.54, 1.807) is 18.2 Å². The van der Waals surface area contributed by atoms with Crippen molar-refractivity contribution in [3.05, 3.63) is 18.2 Å². The van der Waals surface area contributed by atoms with Crippen LogP contribution in [0, 0.1) is 0 Å². The minimum absolute atomic E-state index is 0.0872. The minimum atomic E-state index is -3.61. The second kappa shape index (κ2) is 10.2. The number of ether oxygens (including phenoxy) is 1. The first-order chi connectivity index (χ1) is 13.4. The molecule has 1 saturated heterocycles. The molecule has 1 fully saturated rings. The number of rotatable bonds is 9. The van der Waals surface area contributed by atoms with Gasteiger partial charge in [-0.2, -0.15) is 4.31 Å². The highest BCUT2D eigenvalue weighted by atomic mass is 32.2. The van der Waals surface area contributed by atoms with E-state index in [1.165, 1.54) is 11.4 Å². The van der Waals surface area contributed by atoms with Crippen LogP contribution in [-0.4, -0.2) is 83.1 Å². The number of piperazine rings is 1. The van der Waals surface area contributed by atoms with Gasteiger partial charge in [0.25, 0.3) is 0 Å². The molecule has 1 N–H and O–H groups in total. The predicted octanol–water partition coefficient (Wildman–Crippen LogP) is 1.44. The third kappa shape index (κ3) is 5.22. The Bertz CT molecular complexity index is 757. The van der Waals surface area contributed by atoms with E-state index in [4.69, 9.17) is 4.74 Å². The molecule has 9 heteroatoms. The molecule has 0 aliphatic carbocycles. The van der Waals surface area contributed by atoms with Gasteiger partial charge in [-0.3, -0.25) is 4.79 Å². The summed E-state index contributed by atoms with van der Waals surface area (Å²) < 4.78 is 32.1. The van der Waals surface area contributed by atoms with E-state index in [2.05, 4.69) is 22.0 Å². The molecule has 1 aliphatic heterocycles. The summed E-state index contributed by atoms with van der Waals surface area (Å²) in [5.41, 5.74) is 1.33. The lowest BCUT2D eigenvalue weighted by atomic mass is 10.2. The van der Waals surface area contributed by atoms with Crippen LogP contribution < -0.4 is 10.2 Å². The molecule has 1 amide bonds. The average Bonchev–Trinajstić information content (AvgIpc) is 2.69. The summed E-state index contributed by atoms with van der Waals surface area (Å²) in [5, 5.41) is 2.82. The standard InChI is InChI=1S/C19H32N4O4S/c1-5-21-10-12-22(13-11-21)18-9-8-16(28(25,26)23(6-2)7-3)14-17(18)20-19(24)15-27-4/h8-9,14H,5-7,10-13,15H2,1-4H3,(H,20,24). The van der Waals surface area contributed by atoms with Crippen molar-refractivity contribution in [2.45, 2.75) is 25.7 Å². The third-order valence-electron chi connectivity index (χ3n) is 5.02. The number of sulfonamides is 1. The summed E-state index contributed by atoms with van der Waals surface area (Å²) in [6, 6.07) is 4.98. The molecule has 0 atom stereocenters. The van der Waals surface area contributed by atoms with Crippen molar-refractivity contribution in [3.63, 3.8) is 0 Å². The zero-order chi connectivity index (χ0) is 20.7. The number of benzene rings is 1. The summed E-state index contributed by atoms with van der Waals surface area (Å²) in [4.78, 5) is 16.9. The Morgan fingerprint density at radius 2 is 1.79 bits per heavy atom. The van der Waals surface area contributed by atoms with Crippen LogP contribution in [-0.2, 0) is 19.6 Å². The smallest absolute Gasteiger partial charge is 0.250 e. The fourth-order valence-electron chi connectivity index (χ4n) is 3.39. The molecule has 1 aliphatic rings. The summed E-state index contributed by atoms with van der Waals surface area (Å²) in [6.45, 7) is 11.0.